The molecule has 0 saturated carbocycles. The van der Waals surface area contributed by atoms with Gasteiger partial charge in [0.1, 0.15) is 5.69 Å². The van der Waals surface area contributed by atoms with Crippen molar-refractivity contribution >= 4 is 55.1 Å². The largest absolute Gasteiger partial charge is 0.204 e. The van der Waals surface area contributed by atoms with Crippen LogP contribution in [-0.2, 0) is 0 Å². The number of fused-ring (bicyclic) bond motifs is 1. The van der Waals surface area contributed by atoms with Gasteiger partial charge < -0.3 is 0 Å². The number of unbranched alkanes of at least 4 members (excludes halogenated alkanes) is 3. The molecule has 0 saturated heterocycles. The van der Waals surface area contributed by atoms with Crippen molar-refractivity contribution in [2.75, 3.05) is 0 Å². The van der Waals surface area contributed by atoms with E-state index >= 15 is 0 Å². The van der Waals surface area contributed by atoms with Crippen LogP contribution < -0.4 is 0 Å². The monoisotopic (exact) mass is 517 g/mol. The van der Waals surface area contributed by atoms with E-state index in [1.54, 1.807) is 11.3 Å². The SMILES string of the molecule is CCCCCC#Cc1ccc(C#Cc2cc3sc(-c4cc(F)c(N=C=S)c(F)c4)cc3s2)cc1C. The van der Waals surface area contributed by atoms with Crippen LogP contribution in [0.3, 0.4) is 0 Å². The summed E-state index contributed by atoms with van der Waals surface area (Å²) in [6, 6.07) is 12.6. The van der Waals surface area contributed by atoms with Gasteiger partial charge in [-0.3, -0.25) is 0 Å². The average Bonchev–Trinajstić information content (AvgIpc) is 3.40. The van der Waals surface area contributed by atoms with Crippen molar-refractivity contribution in [3.8, 4) is 34.1 Å². The molecule has 2 heterocycles. The Hall–Kier alpha value is -3.12. The minimum absolute atomic E-state index is 0.415. The average molecular weight is 518 g/mol. The number of halogens is 2. The van der Waals surface area contributed by atoms with Gasteiger partial charge in [-0.25, -0.2) is 8.78 Å². The number of aryl methyl sites for hydroxylation is 1. The summed E-state index contributed by atoms with van der Waals surface area (Å²) in [5.74, 6) is 11.5. The first-order valence-electron chi connectivity index (χ1n) is 11.2. The fourth-order valence-electron chi connectivity index (χ4n) is 3.54. The van der Waals surface area contributed by atoms with Crippen molar-refractivity contribution in [3.05, 3.63) is 75.7 Å². The highest BCUT2D eigenvalue weighted by Crippen LogP contribution is 2.39. The van der Waals surface area contributed by atoms with Gasteiger partial charge in [0, 0.05) is 31.8 Å². The van der Waals surface area contributed by atoms with E-state index in [1.165, 1.54) is 36.3 Å². The molecule has 0 N–H and O–H groups in total. The molecule has 0 aliphatic rings. The van der Waals surface area contributed by atoms with Crippen LogP contribution in [0.4, 0.5) is 14.5 Å². The number of nitrogens with zero attached hydrogens (tertiary/aromatic N) is 1. The highest BCUT2D eigenvalue weighted by Gasteiger charge is 2.14. The lowest BCUT2D eigenvalue weighted by Gasteiger charge is -2.02. The standard InChI is InChI=1S/C29H21F2NS3/c1-3-4-5-6-7-8-21-11-9-20(13-19(21)2)10-12-23-16-27-28(34-23)17-26(35-27)22-14-24(30)29(32-18-33)25(31)15-22/h9,11,13-17H,3-6H2,1-2H3. The molecule has 0 fully saturated rings. The number of thiocarbonyl (C=S) groups is 1. The van der Waals surface area contributed by atoms with E-state index in [-0.39, 0.29) is 0 Å². The molecular weight excluding hydrogens is 497 g/mol. The van der Waals surface area contributed by atoms with Gasteiger partial charge in [0.25, 0.3) is 0 Å². The van der Waals surface area contributed by atoms with Gasteiger partial charge in [0.15, 0.2) is 11.6 Å². The van der Waals surface area contributed by atoms with E-state index in [2.05, 4.69) is 60.8 Å². The molecule has 0 radical (unpaired) electrons. The molecule has 35 heavy (non-hydrogen) atoms. The number of hydrogen-bond acceptors (Lipinski definition) is 4. The Kier molecular flexibility index (Phi) is 8.24. The Morgan fingerprint density at radius 1 is 0.914 bits per heavy atom. The molecule has 174 valence electrons. The highest BCUT2D eigenvalue weighted by atomic mass is 32.1. The molecule has 4 aromatic rings. The predicted molar refractivity (Wildman–Crippen MR) is 148 cm³/mol. The van der Waals surface area contributed by atoms with E-state index in [9.17, 15) is 8.78 Å². The molecule has 0 aliphatic heterocycles. The lowest BCUT2D eigenvalue weighted by Crippen LogP contribution is -1.85. The molecule has 6 heteroatoms. The van der Waals surface area contributed by atoms with Crippen LogP contribution in [-0.4, -0.2) is 5.16 Å². The van der Waals surface area contributed by atoms with Gasteiger partial charge in [0.2, 0.25) is 0 Å². The molecule has 2 aromatic carbocycles. The fraction of sp³-hybridized carbons (Fsp3) is 0.207. The molecule has 0 amide bonds. The van der Waals surface area contributed by atoms with E-state index in [0.717, 1.165) is 48.7 Å². The third kappa shape index (κ3) is 6.12. The normalized spacial score (nSPS) is 10.3. The number of thiophene rings is 2. The summed E-state index contributed by atoms with van der Waals surface area (Å²) in [5, 5.41) is 2.01. The summed E-state index contributed by atoms with van der Waals surface area (Å²) in [4.78, 5) is 5.19. The van der Waals surface area contributed by atoms with Crippen molar-refractivity contribution in [2.45, 2.75) is 39.5 Å². The zero-order valence-electron chi connectivity index (χ0n) is 19.3. The Balaban J connectivity index is 1.51. The van der Waals surface area contributed by atoms with Crippen molar-refractivity contribution in [2.24, 2.45) is 4.99 Å². The van der Waals surface area contributed by atoms with Crippen LogP contribution in [0.5, 0.6) is 0 Å². The van der Waals surface area contributed by atoms with Crippen LogP contribution in [0.1, 0.15) is 54.2 Å². The smallest absolute Gasteiger partial charge is 0.153 e. The Morgan fingerprint density at radius 2 is 1.69 bits per heavy atom. The lowest BCUT2D eigenvalue weighted by molar-refractivity contribution is 0.588. The maximum atomic E-state index is 14.2. The summed E-state index contributed by atoms with van der Waals surface area (Å²) >= 11 is 7.49. The predicted octanol–water partition coefficient (Wildman–Crippen LogP) is 9.28. The summed E-state index contributed by atoms with van der Waals surface area (Å²) in [5.41, 5.74) is 3.17. The van der Waals surface area contributed by atoms with Gasteiger partial charge in [-0.15, -0.1) is 22.7 Å². The summed E-state index contributed by atoms with van der Waals surface area (Å²) in [7, 11) is 0. The van der Waals surface area contributed by atoms with Crippen molar-refractivity contribution in [1.29, 1.82) is 0 Å². The molecule has 0 unspecified atom stereocenters. The number of isothiocyanates is 1. The summed E-state index contributed by atoms with van der Waals surface area (Å²) < 4.78 is 30.5. The number of rotatable bonds is 5. The van der Waals surface area contributed by atoms with Gasteiger partial charge in [-0.1, -0.05) is 43.4 Å². The maximum Gasteiger partial charge on any atom is 0.153 e. The van der Waals surface area contributed by atoms with Crippen LogP contribution in [0.15, 0.2) is 47.5 Å². The third-order valence-corrected chi connectivity index (χ3v) is 7.70. The van der Waals surface area contributed by atoms with Gasteiger partial charge in [-0.05, 0) is 79.2 Å². The summed E-state index contributed by atoms with van der Waals surface area (Å²) in [6.45, 7) is 4.25. The van der Waals surface area contributed by atoms with Crippen LogP contribution in [0.25, 0.3) is 19.8 Å². The minimum atomic E-state index is -0.760. The minimum Gasteiger partial charge on any atom is -0.204 e. The first-order chi connectivity index (χ1) is 17.0. The van der Waals surface area contributed by atoms with Gasteiger partial charge in [-0.2, -0.15) is 4.99 Å². The number of benzene rings is 2. The van der Waals surface area contributed by atoms with Gasteiger partial charge in [0.05, 0.1) is 10.0 Å². The van der Waals surface area contributed by atoms with Gasteiger partial charge >= 0.3 is 0 Å². The number of hydrogen-bond donors (Lipinski definition) is 0. The maximum absolute atomic E-state index is 14.2. The molecule has 0 atom stereocenters. The highest BCUT2D eigenvalue weighted by molar-refractivity contribution is 7.78. The van der Waals surface area contributed by atoms with Crippen LogP contribution in [0, 0.1) is 42.2 Å². The van der Waals surface area contributed by atoms with E-state index in [0.29, 0.717) is 5.56 Å². The third-order valence-electron chi connectivity index (χ3n) is 5.35. The Bertz CT molecular complexity index is 1510. The topological polar surface area (TPSA) is 12.4 Å². The summed E-state index contributed by atoms with van der Waals surface area (Å²) in [6.07, 6.45) is 4.51. The van der Waals surface area contributed by atoms with Crippen LogP contribution >= 0.6 is 34.9 Å². The lowest BCUT2D eigenvalue weighted by atomic mass is 10.1. The van der Waals surface area contributed by atoms with Crippen molar-refractivity contribution in [3.63, 3.8) is 0 Å². The van der Waals surface area contributed by atoms with Crippen molar-refractivity contribution in [1.82, 2.24) is 0 Å². The molecule has 4 rings (SSSR count). The molecule has 0 spiro atoms. The molecule has 2 aromatic heterocycles. The van der Waals surface area contributed by atoms with E-state index in [4.69, 9.17) is 0 Å². The van der Waals surface area contributed by atoms with Crippen molar-refractivity contribution < 1.29 is 8.78 Å². The first kappa shape index (κ1) is 25.0. The van der Waals surface area contributed by atoms with E-state index in [1.807, 2.05) is 29.4 Å². The fourth-order valence-corrected chi connectivity index (χ4v) is 5.86. The second kappa shape index (κ2) is 11.5. The first-order valence-corrected chi connectivity index (χ1v) is 13.2. The Morgan fingerprint density at radius 3 is 2.37 bits per heavy atom. The molecule has 1 nitrogen and oxygen atoms in total. The molecular formula is C29H21F2NS3. The zero-order chi connectivity index (χ0) is 24.8. The second-order valence-corrected chi connectivity index (χ2v) is 10.3. The van der Waals surface area contributed by atoms with Crippen LogP contribution in [0.2, 0.25) is 0 Å². The Labute approximate surface area is 217 Å². The van der Waals surface area contributed by atoms with E-state index < -0.39 is 17.3 Å². The quantitative estimate of drug-likeness (QED) is 0.111. The number of aliphatic imine (C=N–C) groups is 1. The zero-order valence-corrected chi connectivity index (χ0v) is 21.7. The molecule has 0 bridgehead atoms. The molecule has 0 aliphatic carbocycles. The second-order valence-electron chi connectivity index (χ2n) is 7.98.